The van der Waals surface area contributed by atoms with Crippen LogP contribution in [0, 0.1) is 16.0 Å². The molecule has 0 radical (unpaired) electrons. The first-order chi connectivity index (χ1) is 9.47. The molecule has 1 unspecified atom stereocenters. The second-order valence-corrected chi connectivity index (χ2v) is 5.48. The van der Waals surface area contributed by atoms with E-state index in [1.54, 1.807) is 6.07 Å². The maximum atomic E-state index is 10.7. The number of hydrogen-bond acceptors (Lipinski definition) is 6. The Balaban J connectivity index is 1.89. The van der Waals surface area contributed by atoms with Gasteiger partial charge in [-0.3, -0.25) is 10.1 Å². The van der Waals surface area contributed by atoms with Crippen molar-refractivity contribution in [3.63, 3.8) is 0 Å². The van der Waals surface area contributed by atoms with E-state index in [1.807, 2.05) is 0 Å². The van der Waals surface area contributed by atoms with Crippen LogP contribution >= 0.6 is 0 Å². The van der Waals surface area contributed by atoms with Gasteiger partial charge in [-0.1, -0.05) is 0 Å². The summed E-state index contributed by atoms with van der Waals surface area (Å²) in [7, 11) is 0. The number of pyridine rings is 1. The first-order valence-electron chi connectivity index (χ1n) is 6.86. The van der Waals surface area contributed by atoms with Gasteiger partial charge in [0.05, 0.1) is 4.92 Å². The first kappa shape index (κ1) is 14.5. The van der Waals surface area contributed by atoms with Gasteiger partial charge in [0.2, 0.25) is 5.82 Å². The molecule has 0 saturated carbocycles. The summed E-state index contributed by atoms with van der Waals surface area (Å²) >= 11 is 0. The van der Waals surface area contributed by atoms with Crippen LogP contribution in [0.4, 0.5) is 17.3 Å². The number of rotatable bonds is 5. The average molecular weight is 279 g/mol. The molecule has 0 amide bonds. The van der Waals surface area contributed by atoms with Crippen molar-refractivity contribution >= 4 is 17.3 Å². The van der Waals surface area contributed by atoms with E-state index in [2.05, 4.69) is 29.0 Å². The van der Waals surface area contributed by atoms with Gasteiger partial charge < -0.3 is 16.0 Å². The summed E-state index contributed by atoms with van der Waals surface area (Å²) in [6.45, 7) is 7.42. The van der Waals surface area contributed by atoms with Crippen LogP contribution < -0.4 is 11.1 Å². The van der Waals surface area contributed by atoms with Crippen molar-refractivity contribution in [2.45, 2.75) is 26.3 Å². The summed E-state index contributed by atoms with van der Waals surface area (Å²) in [5, 5.41) is 13.9. The average Bonchev–Trinajstić information content (AvgIpc) is 2.85. The van der Waals surface area contributed by atoms with Crippen LogP contribution in [0.3, 0.4) is 0 Å². The smallest absolute Gasteiger partial charge is 0.311 e. The van der Waals surface area contributed by atoms with E-state index in [4.69, 9.17) is 5.73 Å². The molecular formula is C13H21N5O2. The molecule has 2 rings (SSSR count). The molecule has 3 N–H and O–H groups in total. The molecule has 0 spiro atoms. The summed E-state index contributed by atoms with van der Waals surface area (Å²) in [4.78, 5) is 16.6. The predicted octanol–water partition coefficient (Wildman–Crippen LogP) is 1.71. The fourth-order valence-corrected chi connectivity index (χ4v) is 2.47. The number of nitrogens with zero attached hydrogens (tertiary/aromatic N) is 3. The largest absolute Gasteiger partial charge is 0.378 e. The van der Waals surface area contributed by atoms with Crippen LogP contribution in [-0.4, -0.2) is 40.5 Å². The lowest BCUT2D eigenvalue weighted by molar-refractivity contribution is -0.384. The highest BCUT2D eigenvalue weighted by Gasteiger charge is 2.24. The lowest BCUT2D eigenvalue weighted by Crippen LogP contribution is -2.29. The molecule has 0 aromatic carbocycles. The molecule has 1 aliphatic heterocycles. The normalized spacial score (nSPS) is 19.4. The molecule has 1 aromatic rings. The number of anilines is 2. The minimum absolute atomic E-state index is 0.0461. The van der Waals surface area contributed by atoms with Gasteiger partial charge in [-0.05, 0) is 38.8 Å². The van der Waals surface area contributed by atoms with E-state index < -0.39 is 4.92 Å². The van der Waals surface area contributed by atoms with Crippen molar-refractivity contribution in [3.05, 3.63) is 22.2 Å². The molecular weight excluding hydrogens is 258 g/mol. The molecule has 7 nitrogen and oxygen atoms in total. The number of likely N-dealkylation sites (tertiary alicyclic amines) is 1. The minimum Gasteiger partial charge on any atom is -0.378 e. The first-order valence-corrected chi connectivity index (χ1v) is 6.86. The van der Waals surface area contributed by atoms with E-state index in [0.717, 1.165) is 26.1 Å². The molecule has 1 saturated heterocycles. The number of aromatic nitrogens is 1. The third-order valence-corrected chi connectivity index (χ3v) is 3.72. The molecule has 7 heteroatoms. The van der Waals surface area contributed by atoms with Crippen LogP contribution in [0.25, 0.3) is 0 Å². The summed E-state index contributed by atoms with van der Waals surface area (Å²) in [5.41, 5.74) is 5.42. The van der Waals surface area contributed by atoms with Crippen LogP contribution in [-0.2, 0) is 0 Å². The van der Waals surface area contributed by atoms with E-state index in [9.17, 15) is 10.1 Å². The van der Waals surface area contributed by atoms with Gasteiger partial charge in [0.1, 0.15) is 5.82 Å². The Morgan fingerprint density at radius 1 is 1.60 bits per heavy atom. The fraction of sp³-hybridized carbons (Fsp3) is 0.615. The van der Waals surface area contributed by atoms with Crippen LogP contribution in [0.1, 0.15) is 20.3 Å². The molecule has 0 aliphatic carbocycles. The molecule has 20 heavy (non-hydrogen) atoms. The maximum absolute atomic E-state index is 10.7. The number of nitro groups is 1. The number of nitrogens with two attached hydrogens (primary N) is 1. The van der Waals surface area contributed by atoms with E-state index in [1.165, 1.54) is 6.07 Å². The lowest BCUT2D eigenvalue weighted by Gasteiger charge is -2.20. The van der Waals surface area contributed by atoms with Gasteiger partial charge in [0.15, 0.2) is 0 Å². The maximum Gasteiger partial charge on any atom is 0.311 e. The second kappa shape index (κ2) is 6.04. The Bertz CT molecular complexity index is 492. The Morgan fingerprint density at radius 2 is 2.35 bits per heavy atom. The fourth-order valence-electron chi connectivity index (χ4n) is 2.47. The van der Waals surface area contributed by atoms with Crippen molar-refractivity contribution in [2.24, 2.45) is 5.92 Å². The summed E-state index contributed by atoms with van der Waals surface area (Å²) in [5.74, 6) is 1.13. The van der Waals surface area contributed by atoms with Gasteiger partial charge in [0.25, 0.3) is 0 Å². The molecule has 2 heterocycles. The van der Waals surface area contributed by atoms with Crippen molar-refractivity contribution < 1.29 is 4.92 Å². The standard InChI is InChI=1S/C13H21N5O2/c1-9(2)17-6-5-10(8-17)7-15-12-4-3-11(18(19)20)13(14)16-12/h3-4,9-10H,5-8H2,1-2H3,(H3,14,15,16). The molecule has 1 aliphatic rings. The summed E-state index contributed by atoms with van der Waals surface area (Å²) in [6.07, 6.45) is 1.16. The highest BCUT2D eigenvalue weighted by molar-refractivity contribution is 5.57. The lowest BCUT2D eigenvalue weighted by atomic mass is 10.1. The van der Waals surface area contributed by atoms with Gasteiger partial charge in [-0.2, -0.15) is 0 Å². The van der Waals surface area contributed by atoms with Crippen molar-refractivity contribution in [1.82, 2.24) is 9.88 Å². The number of nitrogen functional groups attached to an aromatic ring is 1. The molecule has 110 valence electrons. The van der Waals surface area contributed by atoms with Crippen LogP contribution in [0.2, 0.25) is 0 Å². The van der Waals surface area contributed by atoms with Crippen molar-refractivity contribution in [1.29, 1.82) is 0 Å². The zero-order chi connectivity index (χ0) is 14.7. The Labute approximate surface area is 118 Å². The molecule has 1 fully saturated rings. The Kier molecular flexibility index (Phi) is 4.39. The van der Waals surface area contributed by atoms with Gasteiger partial charge in [0, 0.05) is 25.2 Å². The second-order valence-electron chi connectivity index (χ2n) is 5.48. The van der Waals surface area contributed by atoms with E-state index in [-0.39, 0.29) is 11.5 Å². The zero-order valence-corrected chi connectivity index (χ0v) is 11.9. The van der Waals surface area contributed by atoms with Crippen LogP contribution in [0.5, 0.6) is 0 Å². The van der Waals surface area contributed by atoms with Crippen LogP contribution in [0.15, 0.2) is 12.1 Å². The van der Waals surface area contributed by atoms with Gasteiger partial charge in [-0.15, -0.1) is 0 Å². The minimum atomic E-state index is -0.524. The molecule has 1 atom stereocenters. The molecule has 1 aromatic heterocycles. The van der Waals surface area contributed by atoms with Gasteiger partial charge in [-0.25, -0.2) is 4.98 Å². The monoisotopic (exact) mass is 279 g/mol. The predicted molar refractivity (Wildman–Crippen MR) is 78.6 cm³/mol. The Morgan fingerprint density at radius 3 is 2.90 bits per heavy atom. The highest BCUT2D eigenvalue weighted by atomic mass is 16.6. The quantitative estimate of drug-likeness (QED) is 0.629. The summed E-state index contributed by atoms with van der Waals surface area (Å²) < 4.78 is 0. The number of nitrogens with one attached hydrogen (secondary N) is 1. The Hall–Kier alpha value is -1.89. The molecule has 0 bridgehead atoms. The van der Waals surface area contributed by atoms with Crippen molar-refractivity contribution in [3.8, 4) is 0 Å². The van der Waals surface area contributed by atoms with Crippen molar-refractivity contribution in [2.75, 3.05) is 30.7 Å². The van der Waals surface area contributed by atoms with Gasteiger partial charge >= 0.3 is 5.69 Å². The zero-order valence-electron chi connectivity index (χ0n) is 11.9. The SMILES string of the molecule is CC(C)N1CCC(CNc2ccc([N+](=O)[O-])c(N)n2)C1. The van der Waals surface area contributed by atoms with E-state index >= 15 is 0 Å². The number of hydrogen-bond donors (Lipinski definition) is 2. The third-order valence-electron chi connectivity index (χ3n) is 3.72. The highest BCUT2D eigenvalue weighted by Crippen LogP contribution is 2.22. The third kappa shape index (κ3) is 3.36. The topological polar surface area (TPSA) is 97.3 Å². The summed E-state index contributed by atoms with van der Waals surface area (Å²) in [6, 6.07) is 3.57. The van der Waals surface area contributed by atoms with E-state index in [0.29, 0.717) is 17.8 Å².